The van der Waals surface area contributed by atoms with Gasteiger partial charge in [0.05, 0.1) is 18.4 Å². The molecule has 162 valence electrons. The van der Waals surface area contributed by atoms with Gasteiger partial charge in [0, 0.05) is 23.9 Å². The molecule has 1 aliphatic heterocycles. The van der Waals surface area contributed by atoms with E-state index >= 15 is 0 Å². The summed E-state index contributed by atoms with van der Waals surface area (Å²) in [5, 5.41) is 2.65. The maximum Gasteiger partial charge on any atom is 0.337 e. The van der Waals surface area contributed by atoms with Gasteiger partial charge in [0.25, 0.3) is 15.9 Å². The summed E-state index contributed by atoms with van der Waals surface area (Å²) in [6.07, 6.45) is 0. The quantitative estimate of drug-likeness (QED) is 0.615. The zero-order chi connectivity index (χ0) is 22.9. The predicted octanol–water partition coefficient (Wildman–Crippen LogP) is 3.65. The molecule has 3 aromatic carbocycles. The Hall–Kier alpha value is -3.91. The fourth-order valence-electron chi connectivity index (χ4n) is 3.59. The lowest BCUT2D eigenvalue weighted by Gasteiger charge is -2.30. The van der Waals surface area contributed by atoms with Crippen LogP contribution in [0.4, 0.5) is 11.4 Å². The minimum absolute atomic E-state index is 0.314. The molecule has 32 heavy (non-hydrogen) atoms. The summed E-state index contributed by atoms with van der Waals surface area (Å²) in [6.45, 7) is 0. The van der Waals surface area contributed by atoms with Crippen molar-refractivity contribution in [2.75, 3.05) is 23.8 Å². The molecule has 0 aromatic heterocycles. The molecule has 0 saturated heterocycles. The van der Waals surface area contributed by atoms with Crippen molar-refractivity contribution >= 4 is 38.8 Å². The average molecular weight is 449 g/mol. The number of hydrogen-bond donors (Lipinski definition) is 1. The highest BCUT2D eigenvalue weighted by atomic mass is 32.2. The lowest BCUT2D eigenvalue weighted by Crippen LogP contribution is -2.37. The Bertz CT molecular complexity index is 1330. The average Bonchev–Trinajstić information content (AvgIpc) is 2.81. The molecule has 4 rings (SSSR count). The van der Waals surface area contributed by atoms with Crippen molar-refractivity contribution < 1.29 is 22.7 Å². The van der Waals surface area contributed by atoms with Crippen LogP contribution in [0.25, 0.3) is 5.57 Å². The normalized spacial score (nSPS) is 14.5. The van der Waals surface area contributed by atoms with Crippen LogP contribution < -0.4 is 9.62 Å². The first kappa shape index (κ1) is 21.3. The summed E-state index contributed by atoms with van der Waals surface area (Å²) in [7, 11) is -1.43. The van der Waals surface area contributed by atoms with E-state index in [1.54, 1.807) is 48.5 Å². The highest BCUT2D eigenvalue weighted by Gasteiger charge is 2.39. The summed E-state index contributed by atoms with van der Waals surface area (Å²) < 4.78 is 32.6. The number of benzene rings is 3. The molecule has 0 aliphatic carbocycles. The van der Waals surface area contributed by atoms with Gasteiger partial charge in [-0.05, 0) is 35.9 Å². The monoisotopic (exact) mass is 448 g/mol. The molecular formula is C24H20N2O5S. The fourth-order valence-corrected chi connectivity index (χ4v) is 5.06. The molecule has 1 amide bonds. The van der Waals surface area contributed by atoms with Crippen LogP contribution >= 0.6 is 0 Å². The Balaban J connectivity index is 1.85. The van der Waals surface area contributed by atoms with Crippen LogP contribution in [0.2, 0.25) is 0 Å². The minimum Gasteiger partial charge on any atom is -0.465 e. The van der Waals surface area contributed by atoms with E-state index in [1.165, 1.54) is 38.4 Å². The summed E-state index contributed by atoms with van der Waals surface area (Å²) in [4.78, 5) is 24.6. The standard InChI is InChI=1S/C24H20N2O5S/c1-26-20-11-7-6-10-19(20)21(16-8-4-3-5-9-16)22(32(26,29)30)23(27)25-18-14-12-17(13-15-18)24(28)31-2/h3-15H,1-2H3,(H,25,27). The van der Waals surface area contributed by atoms with Gasteiger partial charge < -0.3 is 10.1 Å². The number of hydrogen-bond acceptors (Lipinski definition) is 5. The number of nitrogens with zero attached hydrogens (tertiary/aromatic N) is 1. The molecule has 0 fully saturated rings. The number of esters is 1. The number of amides is 1. The van der Waals surface area contributed by atoms with E-state index in [9.17, 15) is 18.0 Å². The summed E-state index contributed by atoms with van der Waals surface area (Å²) >= 11 is 0. The molecule has 0 saturated carbocycles. The Morgan fingerprint density at radius 2 is 1.50 bits per heavy atom. The highest BCUT2D eigenvalue weighted by Crippen LogP contribution is 2.42. The van der Waals surface area contributed by atoms with E-state index in [2.05, 4.69) is 10.1 Å². The number of carbonyl (C=O) groups excluding carboxylic acids is 2. The third-order valence-corrected chi connectivity index (χ3v) is 7.01. The number of para-hydroxylation sites is 1. The Morgan fingerprint density at radius 1 is 0.875 bits per heavy atom. The number of methoxy groups -OCH3 is 1. The number of anilines is 2. The van der Waals surface area contributed by atoms with Crippen LogP contribution in [0.15, 0.2) is 83.8 Å². The second-order valence-corrected chi connectivity index (χ2v) is 8.99. The van der Waals surface area contributed by atoms with Crippen LogP contribution in [-0.4, -0.2) is 34.5 Å². The molecule has 0 spiro atoms. The second kappa shape index (κ2) is 8.32. The molecular weight excluding hydrogens is 428 g/mol. The molecule has 3 aromatic rings. The number of ether oxygens (including phenoxy) is 1. The molecule has 8 heteroatoms. The summed E-state index contributed by atoms with van der Waals surface area (Å²) in [5.74, 6) is -1.28. The smallest absolute Gasteiger partial charge is 0.337 e. The largest absolute Gasteiger partial charge is 0.465 e. The van der Waals surface area contributed by atoms with Gasteiger partial charge in [-0.1, -0.05) is 48.5 Å². The van der Waals surface area contributed by atoms with Crippen LogP contribution in [0.1, 0.15) is 21.5 Å². The van der Waals surface area contributed by atoms with Crippen LogP contribution in [0.3, 0.4) is 0 Å². The van der Waals surface area contributed by atoms with E-state index in [1.807, 2.05) is 6.07 Å². The van der Waals surface area contributed by atoms with Gasteiger partial charge in [-0.15, -0.1) is 0 Å². The first-order valence-corrected chi connectivity index (χ1v) is 11.2. The van der Waals surface area contributed by atoms with Crippen molar-refractivity contribution in [3.05, 3.63) is 100 Å². The number of nitrogens with one attached hydrogen (secondary N) is 1. The van der Waals surface area contributed by atoms with E-state index in [0.29, 0.717) is 33.6 Å². The first-order chi connectivity index (χ1) is 15.3. The molecule has 7 nitrogen and oxygen atoms in total. The van der Waals surface area contributed by atoms with Gasteiger partial charge in [-0.3, -0.25) is 9.10 Å². The zero-order valence-corrected chi connectivity index (χ0v) is 18.2. The van der Waals surface area contributed by atoms with Gasteiger partial charge in [0.1, 0.15) is 0 Å². The molecule has 1 N–H and O–H groups in total. The van der Waals surface area contributed by atoms with Crippen molar-refractivity contribution in [2.24, 2.45) is 0 Å². The van der Waals surface area contributed by atoms with Crippen molar-refractivity contribution in [1.29, 1.82) is 0 Å². The maximum atomic E-state index is 13.4. The Morgan fingerprint density at radius 3 is 2.16 bits per heavy atom. The molecule has 1 heterocycles. The highest BCUT2D eigenvalue weighted by molar-refractivity contribution is 7.97. The maximum absolute atomic E-state index is 13.4. The molecule has 1 aliphatic rings. The third kappa shape index (κ3) is 3.65. The molecule has 0 radical (unpaired) electrons. The summed E-state index contributed by atoms with van der Waals surface area (Å²) in [6, 6.07) is 22.0. The second-order valence-electron chi connectivity index (χ2n) is 7.08. The number of sulfonamides is 1. The van der Waals surface area contributed by atoms with E-state index in [4.69, 9.17) is 0 Å². The fraction of sp³-hybridized carbons (Fsp3) is 0.0833. The van der Waals surface area contributed by atoms with Crippen molar-refractivity contribution in [2.45, 2.75) is 0 Å². The molecule has 0 atom stereocenters. The first-order valence-electron chi connectivity index (χ1n) is 9.72. The van der Waals surface area contributed by atoms with Gasteiger partial charge in [0.15, 0.2) is 4.91 Å². The predicted molar refractivity (Wildman–Crippen MR) is 123 cm³/mol. The topological polar surface area (TPSA) is 92.8 Å². The molecule has 0 unspecified atom stereocenters. The molecule has 0 bridgehead atoms. The van der Waals surface area contributed by atoms with Crippen LogP contribution in [-0.2, 0) is 19.6 Å². The number of carbonyl (C=O) groups is 2. The Kier molecular flexibility index (Phi) is 5.54. The lowest BCUT2D eigenvalue weighted by atomic mass is 9.95. The van der Waals surface area contributed by atoms with Gasteiger partial charge >= 0.3 is 5.97 Å². The van der Waals surface area contributed by atoms with Crippen LogP contribution in [0.5, 0.6) is 0 Å². The zero-order valence-electron chi connectivity index (χ0n) is 17.4. The van der Waals surface area contributed by atoms with Gasteiger partial charge in [-0.2, -0.15) is 0 Å². The van der Waals surface area contributed by atoms with Crippen molar-refractivity contribution in [3.63, 3.8) is 0 Å². The van der Waals surface area contributed by atoms with Gasteiger partial charge in [0.2, 0.25) is 0 Å². The van der Waals surface area contributed by atoms with E-state index in [0.717, 1.165) is 4.31 Å². The number of rotatable bonds is 4. The van der Waals surface area contributed by atoms with Crippen LogP contribution in [0, 0.1) is 0 Å². The van der Waals surface area contributed by atoms with E-state index < -0.39 is 21.9 Å². The number of fused-ring (bicyclic) bond motifs is 1. The SMILES string of the molecule is COC(=O)c1ccc(NC(=O)C2=C(c3ccccc3)c3ccccc3N(C)S2(=O)=O)cc1. The summed E-state index contributed by atoms with van der Waals surface area (Å²) in [5.41, 5.74) is 2.74. The minimum atomic E-state index is -4.13. The van der Waals surface area contributed by atoms with E-state index in [-0.39, 0.29) is 4.91 Å². The van der Waals surface area contributed by atoms with Gasteiger partial charge in [-0.25, -0.2) is 13.2 Å². The lowest BCUT2D eigenvalue weighted by molar-refractivity contribution is -0.112. The third-order valence-electron chi connectivity index (χ3n) is 5.19. The van der Waals surface area contributed by atoms with Crippen molar-refractivity contribution in [3.8, 4) is 0 Å². The Labute approximate surface area is 186 Å². The van der Waals surface area contributed by atoms with Crippen molar-refractivity contribution in [1.82, 2.24) is 0 Å².